The van der Waals surface area contributed by atoms with E-state index in [0.717, 1.165) is 30.4 Å². The number of hydrogen-bond donors (Lipinski definition) is 1. The number of aliphatic hydroxyl groups is 1. The van der Waals surface area contributed by atoms with Crippen LogP contribution >= 0.6 is 0 Å². The van der Waals surface area contributed by atoms with Crippen molar-refractivity contribution in [1.82, 2.24) is 0 Å². The first-order valence-electron chi connectivity index (χ1n) is 8.32. The van der Waals surface area contributed by atoms with Gasteiger partial charge < -0.3 is 9.59 Å². The molecule has 0 aliphatic carbocycles. The molecule has 0 heterocycles. The maximum absolute atomic E-state index is 9.99. The highest BCUT2D eigenvalue weighted by Gasteiger charge is 2.31. The Labute approximate surface area is 140 Å². The first-order chi connectivity index (χ1) is 11.2. The van der Waals surface area contributed by atoms with Gasteiger partial charge in [0.1, 0.15) is 12.6 Å². The van der Waals surface area contributed by atoms with E-state index in [-0.39, 0.29) is 12.6 Å². The lowest BCUT2D eigenvalue weighted by atomic mass is 10.0. The molecular weight excluding hydrogens is 282 g/mol. The SMILES string of the molecule is C=CC[N@+](C)(Cc1ccccc1)[C@H](CO)CCc1ccccc1. The van der Waals surface area contributed by atoms with Crippen LogP contribution in [0.4, 0.5) is 0 Å². The first kappa shape index (κ1) is 17.5. The molecule has 0 aliphatic heterocycles. The number of likely N-dealkylation sites (N-methyl/N-ethyl adjacent to an activating group) is 1. The van der Waals surface area contributed by atoms with Crippen LogP contribution in [-0.2, 0) is 13.0 Å². The average Bonchev–Trinajstić information content (AvgIpc) is 2.57. The Kier molecular flexibility index (Phi) is 6.57. The zero-order valence-electron chi connectivity index (χ0n) is 14.1. The van der Waals surface area contributed by atoms with Crippen LogP contribution in [0.2, 0.25) is 0 Å². The van der Waals surface area contributed by atoms with E-state index in [1.54, 1.807) is 0 Å². The van der Waals surface area contributed by atoms with Gasteiger partial charge in [0.25, 0.3) is 0 Å². The van der Waals surface area contributed by atoms with E-state index in [4.69, 9.17) is 0 Å². The van der Waals surface area contributed by atoms with E-state index < -0.39 is 0 Å². The van der Waals surface area contributed by atoms with Crippen LogP contribution in [0.3, 0.4) is 0 Å². The highest BCUT2D eigenvalue weighted by Crippen LogP contribution is 2.21. The summed E-state index contributed by atoms with van der Waals surface area (Å²) in [7, 11) is 2.22. The fraction of sp³-hybridized carbons (Fsp3) is 0.333. The molecule has 2 atom stereocenters. The molecule has 0 fully saturated rings. The minimum atomic E-state index is 0.198. The standard InChI is InChI=1S/C21H28NO/c1-3-16-22(2,17-20-12-8-5-9-13-20)21(18-23)15-14-19-10-6-4-7-11-19/h3-13,21,23H,1,14-18H2,2H3/q+1/t21-,22+/m0/s1. The topological polar surface area (TPSA) is 20.2 Å². The Hall–Kier alpha value is -1.90. The molecule has 0 radical (unpaired) electrons. The van der Waals surface area contributed by atoms with Crippen LogP contribution in [0.1, 0.15) is 17.5 Å². The molecule has 122 valence electrons. The van der Waals surface area contributed by atoms with E-state index in [1.807, 2.05) is 18.2 Å². The summed E-state index contributed by atoms with van der Waals surface area (Å²) < 4.78 is 0.789. The second-order valence-corrected chi connectivity index (χ2v) is 6.46. The maximum atomic E-state index is 9.99. The molecule has 23 heavy (non-hydrogen) atoms. The van der Waals surface area contributed by atoms with Crippen molar-refractivity contribution in [2.24, 2.45) is 0 Å². The molecule has 0 saturated carbocycles. The molecule has 0 aliphatic rings. The zero-order chi connectivity index (χ0) is 16.5. The smallest absolute Gasteiger partial charge is 0.113 e. The molecule has 0 spiro atoms. The number of aliphatic hydroxyl groups excluding tert-OH is 1. The van der Waals surface area contributed by atoms with Crippen LogP contribution in [0.15, 0.2) is 73.3 Å². The summed E-state index contributed by atoms with van der Waals surface area (Å²) in [5.41, 5.74) is 2.63. The number of hydrogen-bond acceptors (Lipinski definition) is 1. The number of nitrogens with zero attached hydrogens (tertiary/aromatic N) is 1. The molecular formula is C21H28NO+. The predicted molar refractivity (Wildman–Crippen MR) is 97.0 cm³/mol. The van der Waals surface area contributed by atoms with Crippen molar-refractivity contribution in [3.05, 3.63) is 84.4 Å². The third kappa shape index (κ3) is 5.05. The summed E-state index contributed by atoms with van der Waals surface area (Å²) in [6, 6.07) is 21.2. The van der Waals surface area contributed by atoms with Crippen LogP contribution in [-0.4, -0.2) is 35.8 Å². The fourth-order valence-corrected chi connectivity index (χ4v) is 3.22. The Balaban J connectivity index is 2.10. The van der Waals surface area contributed by atoms with Gasteiger partial charge in [0.15, 0.2) is 0 Å². The van der Waals surface area contributed by atoms with Crippen LogP contribution in [0.5, 0.6) is 0 Å². The third-order valence-electron chi connectivity index (χ3n) is 4.63. The quantitative estimate of drug-likeness (QED) is 0.551. The largest absolute Gasteiger partial charge is 0.390 e. The lowest BCUT2D eigenvalue weighted by Gasteiger charge is -2.40. The average molecular weight is 310 g/mol. The number of benzene rings is 2. The Morgan fingerprint density at radius 1 is 1.00 bits per heavy atom. The van der Waals surface area contributed by atoms with Crippen LogP contribution in [0.25, 0.3) is 0 Å². The van der Waals surface area contributed by atoms with Gasteiger partial charge in [-0.15, -0.1) is 0 Å². The van der Waals surface area contributed by atoms with E-state index in [9.17, 15) is 5.11 Å². The zero-order valence-corrected chi connectivity index (χ0v) is 14.1. The summed E-state index contributed by atoms with van der Waals surface area (Å²) in [5.74, 6) is 0. The fourth-order valence-electron chi connectivity index (χ4n) is 3.22. The number of rotatable bonds is 9. The van der Waals surface area contributed by atoms with Gasteiger partial charge in [0, 0.05) is 12.0 Å². The summed E-state index contributed by atoms with van der Waals surface area (Å²) >= 11 is 0. The van der Waals surface area contributed by atoms with Crippen molar-refractivity contribution in [1.29, 1.82) is 0 Å². The van der Waals surface area contributed by atoms with Crippen molar-refractivity contribution < 1.29 is 9.59 Å². The molecule has 2 aromatic rings. The second-order valence-electron chi connectivity index (χ2n) is 6.46. The van der Waals surface area contributed by atoms with Crippen LogP contribution < -0.4 is 0 Å². The molecule has 2 nitrogen and oxygen atoms in total. The van der Waals surface area contributed by atoms with Gasteiger partial charge in [-0.25, -0.2) is 0 Å². The Bertz CT molecular complexity index is 581. The summed E-state index contributed by atoms with van der Waals surface area (Å²) in [5, 5.41) is 9.99. The van der Waals surface area contributed by atoms with Gasteiger partial charge in [-0.3, -0.25) is 0 Å². The molecule has 1 N–H and O–H groups in total. The van der Waals surface area contributed by atoms with Crippen LogP contribution in [0, 0.1) is 0 Å². The van der Waals surface area contributed by atoms with Crippen molar-refractivity contribution in [3.63, 3.8) is 0 Å². The first-order valence-corrected chi connectivity index (χ1v) is 8.32. The minimum Gasteiger partial charge on any atom is -0.390 e. The summed E-state index contributed by atoms with van der Waals surface area (Å²) in [6.45, 7) is 5.89. The highest BCUT2D eigenvalue weighted by atomic mass is 16.3. The number of quaternary nitrogens is 1. The van der Waals surface area contributed by atoms with E-state index in [1.165, 1.54) is 11.1 Å². The maximum Gasteiger partial charge on any atom is 0.113 e. The van der Waals surface area contributed by atoms with E-state index in [2.05, 4.69) is 62.2 Å². The van der Waals surface area contributed by atoms with Gasteiger partial charge in [-0.05, 0) is 18.1 Å². The molecule has 2 aromatic carbocycles. The Morgan fingerprint density at radius 2 is 1.57 bits per heavy atom. The summed E-state index contributed by atoms with van der Waals surface area (Å²) in [6.07, 6.45) is 3.93. The molecule has 0 amide bonds. The predicted octanol–water partition coefficient (Wildman–Crippen LogP) is 3.81. The van der Waals surface area contributed by atoms with E-state index in [0.29, 0.717) is 0 Å². The molecule has 2 heteroatoms. The second kappa shape index (κ2) is 8.66. The highest BCUT2D eigenvalue weighted by molar-refractivity contribution is 5.15. The van der Waals surface area contributed by atoms with Gasteiger partial charge in [-0.2, -0.15) is 0 Å². The lowest BCUT2D eigenvalue weighted by Crippen LogP contribution is -2.53. The van der Waals surface area contributed by atoms with Crippen molar-refractivity contribution in [3.8, 4) is 0 Å². The van der Waals surface area contributed by atoms with Gasteiger partial charge in [-0.1, -0.05) is 67.2 Å². The van der Waals surface area contributed by atoms with Gasteiger partial charge in [0.2, 0.25) is 0 Å². The lowest BCUT2D eigenvalue weighted by molar-refractivity contribution is -0.941. The molecule has 0 saturated heterocycles. The van der Waals surface area contributed by atoms with E-state index >= 15 is 0 Å². The molecule has 0 unspecified atom stereocenters. The van der Waals surface area contributed by atoms with Crippen molar-refractivity contribution in [2.45, 2.75) is 25.4 Å². The Morgan fingerprint density at radius 3 is 2.09 bits per heavy atom. The van der Waals surface area contributed by atoms with Crippen molar-refractivity contribution in [2.75, 3.05) is 20.2 Å². The molecule has 2 rings (SSSR count). The third-order valence-corrected chi connectivity index (χ3v) is 4.63. The minimum absolute atomic E-state index is 0.198. The van der Waals surface area contributed by atoms with Crippen molar-refractivity contribution >= 4 is 0 Å². The van der Waals surface area contributed by atoms with Gasteiger partial charge >= 0.3 is 0 Å². The van der Waals surface area contributed by atoms with Gasteiger partial charge in [0.05, 0.1) is 20.2 Å². The number of aryl methyl sites for hydroxylation is 1. The monoisotopic (exact) mass is 310 g/mol. The molecule has 0 aromatic heterocycles. The molecule has 0 bridgehead atoms. The normalized spacial score (nSPS) is 14.9. The summed E-state index contributed by atoms with van der Waals surface area (Å²) in [4.78, 5) is 0.